The number of hydrogen-bond acceptors (Lipinski definition) is 6. The van der Waals surface area contributed by atoms with Crippen molar-refractivity contribution in [3.05, 3.63) is 66.0 Å². The molecule has 0 aliphatic heterocycles. The third-order valence-electron chi connectivity index (χ3n) is 4.85. The lowest BCUT2D eigenvalue weighted by molar-refractivity contribution is -0.118. The van der Waals surface area contributed by atoms with E-state index in [0.29, 0.717) is 25.7 Å². The van der Waals surface area contributed by atoms with Gasteiger partial charge in [0.15, 0.2) is 11.0 Å². The van der Waals surface area contributed by atoms with Gasteiger partial charge in [0.05, 0.1) is 12.3 Å². The van der Waals surface area contributed by atoms with Crippen molar-refractivity contribution in [3.8, 4) is 11.5 Å². The lowest BCUT2D eigenvalue weighted by atomic mass is 10.1. The van der Waals surface area contributed by atoms with Gasteiger partial charge in [-0.1, -0.05) is 55.9 Å². The van der Waals surface area contributed by atoms with Crippen LogP contribution < -0.4 is 14.8 Å². The van der Waals surface area contributed by atoms with Crippen molar-refractivity contribution in [1.82, 2.24) is 20.1 Å². The number of benzene rings is 2. The summed E-state index contributed by atoms with van der Waals surface area (Å²) in [5, 5.41) is 12.3. The van der Waals surface area contributed by atoms with Crippen LogP contribution in [0.4, 0.5) is 0 Å². The predicted molar refractivity (Wildman–Crippen MR) is 131 cm³/mol. The molecule has 3 aromatic rings. The third kappa shape index (κ3) is 8.46. The molecule has 1 heterocycles. The van der Waals surface area contributed by atoms with E-state index in [2.05, 4.69) is 33.9 Å². The molecule has 8 heteroatoms. The van der Waals surface area contributed by atoms with Gasteiger partial charge in [0.1, 0.15) is 24.7 Å². The van der Waals surface area contributed by atoms with Crippen molar-refractivity contribution in [1.29, 1.82) is 0 Å². The van der Waals surface area contributed by atoms with Gasteiger partial charge in [0.25, 0.3) is 0 Å². The van der Waals surface area contributed by atoms with Crippen LogP contribution in [0.15, 0.2) is 59.8 Å². The van der Waals surface area contributed by atoms with E-state index in [1.165, 1.54) is 11.8 Å². The number of amides is 1. The van der Waals surface area contributed by atoms with Gasteiger partial charge in [-0.15, -0.1) is 10.2 Å². The monoisotopic (exact) mass is 468 g/mol. The zero-order chi connectivity index (χ0) is 23.5. The fourth-order valence-electron chi connectivity index (χ4n) is 3.05. The van der Waals surface area contributed by atoms with Crippen LogP contribution in [-0.4, -0.2) is 39.6 Å². The van der Waals surface area contributed by atoms with Crippen LogP contribution in [0.2, 0.25) is 0 Å². The number of thioether (sulfide) groups is 1. The lowest BCUT2D eigenvalue weighted by Gasteiger charge is -2.12. The number of carbonyl (C=O) groups is 1. The Labute approximate surface area is 199 Å². The van der Waals surface area contributed by atoms with Crippen LogP contribution in [0.3, 0.4) is 0 Å². The van der Waals surface area contributed by atoms with Gasteiger partial charge < -0.3 is 19.4 Å². The van der Waals surface area contributed by atoms with Crippen LogP contribution in [0.5, 0.6) is 11.5 Å². The van der Waals surface area contributed by atoms with Crippen molar-refractivity contribution >= 4 is 17.7 Å². The number of rotatable bonds is 13. The maximum absolute atomic E-state index is 12.3. The minimum absolute atomic E-state index is 0.0617. The molecule has 7 nitrogen and oxygen atoms in total. The standard InChI is InChI=1S/C25H32N4O3S/c1-19(2)12-14-29-23(17-32-21-9-5-4-6-10-21)27-28-25(29)33-18-24(30)26-13-15-31-22-11-7-8-20(3)16-22/h4-11,16,19H,12-15,17-18H2,1-3H3,(H,26,30). The predicted octanol–water partition coefficient (Wildman–Crippen LogP) is 4.50. The summed E-state index contributed by atoms with van der Waals surface area (Å²) >= 11 is 1.39. The molecule has 0 aliphatic carbocycles. The van der Waals surface area contributed by atoms with E-state index in [1.54, 1.807) is 0 Å². The molecule has 0 saturated heterocycles. The summed E-state index contributed by atoms with van der Waals surface area (Å²) in [7, 11) is 0. The Kier molecular flexibility index (Phi) is 9.62. The molecule has 0 fully saturated rings. The number of para-hydroxylation sites is 1. The highest BCUT2D eigenvalue weighted by Gasteiger charge is 2.15. The van der Waals surface area contributed by atoms with Gasteiger partial charge in [-0.2, -0.15) is 0 Å². The van der Waals surface area contributed by atoms with Crippen molar-refractivity contribution in [2.24, 2.45) is 5.92 Å². The molecule has 0 spiro atoms. The van der Waals surface area contributed by atoms with Crippen LogP contribution in [0, 0.1) is 12.8 Å². The SMILES string of the molecule is Cc1cccc(OCCNC(=O)CSc2nnc(COc3ccccc3)n2CCC(C)C)c1. The van der Waals surface area contributed by atoms with E-state index in [9.17, 15) is 4.79 Å². The number of carbonyl (C=O) groups excluding carboxylic acids is 1. The van der Waals surface area contributed by atoms with Crippen LogP contribution in [-0.2, 0) is 17.9 Å². The minimum Gasteiger partial charge on any atom is -0.492 e. The molecular weight excluding hydrogens is 436 g/mol. The van der Waals surface area contributed by atoms with Gasteiger partial charge in [-0.25, -0.2) is 0 Å². The van der Waals surface area contributed by atoms with Crippen molar-refractivity contribution < 1.29 is 14.3 Å². The topological polar surface area (TPSA) is 78.3 Å². The van der Waals surface area contributed by atoms with Crippen LogP contribution >= 0.6 is 11.8 Å². The molecule has 0 aliphatic rings. The van der Waals surface area contributed by atoms with E-state index in [1.807, 2.05) is 61.5 Å². The van der Waals surface area contributed by atoms with Crippen molar-refractivity contribution in [3.63, 3.8) is 0 Å². The van der Waals surface area contributed by atoms with E-state index in [-0.39, 0.29) is 11.7 Å². The molecule has 0 bridgehead atoms. The highest BCUT2D eigenvalue weighted by molar-refractivity contribution is 7.99. The number of hydrogen-bond donors (Lipinski definition) is 1. The molecule has 0 radical (unpaired) electrons. The zero-order valence-electron chi connectivity index (χ0n) is 19.5. The molecule has 1 N–H and O–H groups in total. The molecule has 33 heavy (non-hydrogen) atoms. The molecule has 176 valence electrons. The first-order valence-corrected chi connectivity index (χ1v) is 12.2. The first kappa shape index (κ1) is 24.6. The molecule has 2 aromatic carbocycles. The fourth-order valence-corrected chi connectivity index (χ4v) is 3.87. The van der Waals surface area contributed by atoms with Crippen molar-refractivity contribution in [2.75, 3.05) is 18.9 Å². The lowest BCUT2D eigenvalue weighted by Crippen LogP contribution is -2.29. The van der Waals surface area contributed by atoms with Gasteiger partial charge in [-0.05, 0) is 49.1 Å². The normalized spacial score (nSPS) is 10.9. The Morgan fingerprint density at radius 1 is 1.06 bits per heavy atom. The molecule has 0 saturated carbocycles. The Bertz CT molecular complexity index is 1010. The summed E-state index contributed by atoms with van der Waals surface area (Å²) in [6, 6.07) is 17.5. The van der Waals surface area contributed by atoms with Crippen LogP contribution in [0.25, 0.3) is 0 Å². The molecular formula is C25H32N4O3S. The van der Waals surface area contributed by atoms with Gasteiger partial charge in [-0.3, -0.25) is 4.79 Å². The first-order valence-electron chi connectivity index (χ1n) is 11.2. The Morgan fingerprint density at radius 3 is 2.61 bits per heavy atom. The molecule has 0 unspecified atom stereocenters. The smallest absolute Gasteiger partial charge is 0.230 e. The maximum atomic E-state index is 12.3. The highest BCUT2D eigenvalue weighted by atomic mass is 32.2. The van der Waals surface area contributed by atoms with Crippen LogP contribution in [0.1, 0.15) is 31.7 Å². The van der Waals surface area contributed by atoms with Gasteiger partial charge in [0, 0.05) is 6.54 Å². The Balaban J connectivity index is 1.48. The fraction of sp³-hybridized carbons (Fsp3) is 0.400. The average molecular weight is 469 g/mol. The number of aromatic nitrogens is 3. The Morgan fingerprint density at radius 2 is 1.85 bits per heavy atom. The Hall–Kier alpha value is -3.00. The summed E-state index contributed by atoms with van der Waals surface area (Å²) in [4.78, 5) is 12.3. The summed E-state index contributed by atoms with van der Waals surface area (Å²) in [6.45, 7) is 8.37. The quantitative estimate of drug-likeness (QED) is 0.294. The summed E-state index contributed by atoms with van der Waals surface area (Å²) in [5.74, 6) is 3.11. The largest absolute Gasteiger partial charge is 0.492 e. The first-order chi connectivity index (χ1) is 16.0. The third-order valence-corrected chi connectivity index (χ3v) is 5.82. The number of ether oxygens (including phenoxy) is 2. The second-order valence-electron chi connectivity index (χ2n) is 8.14. The summed E-state index contributed by atoms with van der Waals surface area (Å²) in [6.07, 6.45) is 0.992. The maximum Gasteiger partial charge on any atom is 0.230 e. The van der Waals surface area contributed by atoms with E-state index < -0.39 is 0 Å². The second kappa shape index (κ2) is 12.9. The number of nitrogens with one attached hydrogen (secondary N) is 1. The van der Waals surface area contributed by atoms with E-state index >= 15 is 0 Å². The number of aryl methyl sites for hydroxylation is 1. The van der Waals surface area contributed by atoms with E-state index in [0.717, 1.165) is 41.0 Å². The summed E-state index contributed by atoms with van der Waals surface area (Å²) < 4.78 is 13.6. The van der Waals surface area contributed by atoms with Gasteiger partial charge in [0.2, 0.25) is 5.91 Å². The molecule has 3 rings (SSSR count). The summed E-state index contributed by atoms with van der Waals surface area (Å²) in [5.41, 5.74) is 1.14. The zero-order valence-corrected chi connectivity index (χ0v) is 20.3. The molecule has 1 aromatic heterocycles. The minimum atomic E-state index is -0.0617. The van der Waals surface area contributed by atoms with E-state index in [4.69, 9.17) is 9.47 Å². The molecule has 0 atom stereocenters. The number of nitrogens with zero attached hydrogens (tertiary/aromatic N) is 3. The highest BCUT2D eigenvalue weighted by Crippen LogP contribution is 2.20. The average Bonchev–Trinajstić information content (AvgIpc) is 3.20. The van der Waals surface area contributed by atoms with Crippen molar-refractivity contribution in [2.45, 2.75) is 45.5 Å². The molecule has 1 amide bonds. The second-order valence-corrected chi connectivity index (χ2v) is 9.08. The van der Waals surface area contributed by atoms with Gasteiger partial charge >= 0.3 is 0 Å².